The van der Waals surface area contributed by atoms with E-state index in [0.717, 1.165) is 45.1 Å². The summed E-state index contributed by atoms with van der Waals surface area (Å²) in [6, 6.07) is 3.63. The number of nitrogens with zero attached hydrogens (tertiary/aromatic N) is 1. The lowest BCUT2D eigenvalue weighted by Gasteiger charge is -2.33. The van der Waals surface area contributed by atoms with Crippen LogP contribution in [0.25, 0.3) is 0 Å². The molecule has 5 nitrogen and oxygen atoms in total. The van der Waals surface area contributed by atoms with Gasteiger partial charge in [-0.15, -0.1) is 0 Å². The third-order valence-corrected chi connectivity index (χ3v) is 5.03. The molecule has 128 valence electrons. The van der Waals surface area contributed by atoms with Gasteiger partial charge in [-0.3, -0.25) is 4.79 Å². The Labute approximate surface area is 137 Å². The van der Waals surface area contributed by atoms with Crippen LogP contribution in [0.2, 0.25) is 0 Å². The van der Waals surface area contributed by atoms with Gasteiger partial charge in [-0.2, -0.15) is 0 Å². The van der Waals surface area contributed by atoms with Crippen molar-refractivity contribution in [2.45, 2.75) is 76.2 Å². The van der Waals surface area contributed by atoms with Crippen molar-refractivity contribution < 1.29 is 19.1 Å². The van der Waals surface area contributed by atoms with Crippen LogP contribution in [0.5, 0.6) is 0 Å². The summed E-state index contributed by atoms with van der Waals surface area (Å²) in [7, 11) is 0. The molecule has 4 unspecified atom stereocenters. The lowest BCUT2D eigenvalue weighted by atomic mass is 10.0. The van der Waals surface area contributed by atoms with Crippen molar-refractivity contribution in [1.29, 1.82) is 0 Å². The van der Waals surface area contributed by atoms with Gasteiger partial charge in [-0.1, -0.05) is 12.8 Å². The summed E-state index contributed by atoms with van der Waals surface area (Å²) < 4.78 is 11.1. The molecule has 3 rings (SSSR count). The molecular formula is C18H27NO4. The van der Waals surface area contributed by atoms with Gasteiger partial charge in [-0.25, -0.2) is 0 Å². The number of likely N-dealkylation sites (tertiary alicyclic amines) is 1. The Bertz CT molecular complexity index is 501. The van der Waals surface area contributed by atoms with E-state index in [9.17, 15) is 9.90 Å². The molecule has 0 aliphatic carbocycles. The van der Waals surface area contributed by atoms with E-state index in [-0.39, 0.29) is 24.2 Å². The first-order valence-electron chi connectivity index (χ1n) is 8.82. The average Bonchev–Trinajstić information content (AvgIpc) is 3.16. The van der Waals surface area contributed by atoms with E-state index in [1.807, 2.05) is 11.8 Å². The van der Waals surface area contributed by atoms with E-state index in [1.54, 1.807) is 18.4 Å². The van der Waals surface area contributed by atoms with Crippen molar-refractivity contribution in [3.8, 4) is 0 Å². The largest absolute Gasteiger partial charge is 0.467 e. The number of rotatable bonds is 4. The minimum absolute atomic E-state index is 0.0598. The van der Waals surface area contributed by atoms with Crippen LogP contribution in [0.4, 0.5) is 0 Å². The molecule has 23 heavy (non-hydrogen) atoms. The molecule has 0 bridgehead atoms. The Hall–Kier alpha value is -1.33. The molecule has 1 N–H and O–H groups in total. The maximum atomic E-state index is 12.9. The molecule has 2 aliphatic rings. The summed E-state index contributed by atoms with van der Waals surface area (Å²) in [5.41, 5.74) is 0. The lowest BCUT2D eigenvalue weighted by Crippen LogP contribution is -2.46. The fourth-order valence-corrected chi connectivity index (χ4v) is 3.74. The molecule has 4 atom stereocenters. The SMILES string of the molecule is CC1CCC(C(=O)N2CCCCCC2CC(O)c2ccco2)O1. The van der Waals surface area contributed by atoms with Gasteiger partial charge in [-0.05, 0) is 44.7 Å². The third kappa shape index (κ3) is 3.96. The summed E-state index contributed by atoms with van der Waals surface area (Å²) in [5.74, 6) is 0.681. The zero-order valence-electron chi connectivity index (χ0n) is 13.8. The number of carbonyl (C=O) groups excluding carboxylic acids is 1. The first-order chi connectivity index (χ1) is 11.1. The second-order valence-electron chi connectivity index (χ2n) is 6.81. The minimum Gasteiger partial charge on any atom is -0.467 e. The molecule has 1 aromatic heterocycles. The Morgan fingerprint density at radius 1 is 1.35 bits per heavy atom. The van der Waals surface area contributed by atoms with Gasteiger partial charge in [0.15, 0.2) is 0 Å². The van der Waals surface area contributed by atoms with E-state index in [0.29, 0.717) is 12.2 Å². The lowest BCUT2D eigenvalue weighted by molar-refractivity contribution is -0.145. The van der Waals surface area contributed by atoms with Crippen molar-refractivity contribution >= 4 is 5.91 Å². The Morgan fingerprint density at radius 2 is 2.22 bits per heavy atom. The van der Waals surface area contributed by atoms with Crippen molar-refractivity contribution in [3.05, 3.63) is 24.2 Å². The summed E-state index contributed by atoms with van der Waals surface area (Å²) in [6.45, 7) is 2.79. The van der Waals surface area contributed by atoms with Crippen LogP contribution >= 0.6 is 0 Å². The zero-order chi connectivity index (χ0) is 16.2. The highest BCUT2D eigenvalue weighted by Crippen LogP contribution is 2.29. The van der Waals surface area contributed by atoms with E-state index in [1.165, 1.54) is 0 Å². The number of carbonyl (C=O) groups is 1. The number of amides is 1. The normalized spacial score (nSPS) is 30.2. The van der Waals surface area contributed by atoms with Crippen molar-refractivity contribution in [2.75, 3.05) is 6.54 Å². The summed E-state index contributed by atoms with van der Waals surface area (Å²) in [5, 5.41) is 10.4. The monoisotopic (exact) mass is 321 g/mol. The average molecular weight is 321 g/mol. The summed E-state index contributed by atoms with van der Waals surface area (Å²) >= 11 is 0. The van der Waals surface area contributed by atoms with Crippen LogP contribution in [0.3, 0.4) is 0 Å². The standard InChI is InChI=1S/C18H27NO4/c1-13-8-9-17(23-13)18(21)19-10-4-2-3-6-14(19)12-15(20)16-7-5-11-22-16/h5,7,11,13-15,17,20H,2-4,6,8-10,12H2,1H3. The second kappa shape index (κ2) is 7.49. The van der Waals surface area contributed by atoms with Crippen LogP contribution in [0.15, 0.2) is 22.8 Å². The van der Waals surface area contributed by atoms with Gasteiger partial charge < -0.3 is 19.2 Å². The molecule has 0 spiro atoms. The van der Waals surface area contributed by atoms with Gasteiger partial charge in [0.1, 0.15) is 18.0 Å². The highest BCUT2D eigenvalue weighted by molar-refractivity contribution is 5.81. The number of aliphatic hydroxyl groups excluding tert-OH is 1. The fourth-order valence-electron chi connectivity index (χ4n) is 3.74. The maximum absolute atomic E-state index is 12.9. The zero-order valence-corrected chi connectivity index (χ0v) is 13.8. The van der Waals surface area contributed by atoms with Crippen LogP contribution < -0.4 is 0 Å². The fraction of sp³-hybridized carbons (Fsp3) is 0.722. The molecule has 5 heteroatoms. The number of hydrogen-bond donors (Lipinski definition) is 1. The third-order valence-electron chi connectivity index (χ3n) is 5.03. The second-order valence-corrected chi connectivity index (χ2v) is 6.81. The summed E-state index contributed by atoms with van der Waals surface area (Å²) in [6.07, 6.45) is 7.27. The van der Waals surface area contributed by atoms with E-state index >= 15 is 0 Å². The molecule has 1 amide bonds. The van der Waals surface area contributed by atoms with Crippen LogP contribution in [0.1, 0.15) is 63.7 Å². The van der Waals surface area contributed by atoms with Crippen LogP contribution in [-0.4, -0.2) is 40.7 Å². The number of ether oxygens (including phenoxy) is 1. The molecule has 0 aromatic carbocycles. The predicted octanol–water partition coefficient (Wildman–Crippen LogP) is 3.04. The van der Waals surface area contributed by atoms with Gasteiger partial charge >= 0.3 is 0 Å². The van der Waals surface area contributed by atoms with Gasteiger partial charge in [0, 0.05) is 19.0 Å². The topological polar surface area (TPSA) is 62.9 Å². The molecular weight excluding hydrogens is 294 g/mol. The Balaban J connectivity index is 1.68. The molecule has 2 fully saturated rings. The van der Waals surface area contributed by atoms with Crippen molar-refractivity contribution in [1.82, 2.24) is 4.90 Å². The van der Waals surface area contributed by atoms with E-state index < -0.39 is 6.10 Å². The quantitative estimate of drug-likeness (QED) is 0.926. The highest BCUT2D eigenvalue weighted by atomic mass is 16.5. The van der Waals surface area contributed by atoms with Crippen molar-refractivity contribution in [3.63, 3.8) is 0 Å². The molecule has 2 saturated heterocycles. The van der Waals surface area contributed by atoms with Crippen LogP contribution in [-0.2, 0) is 9.53 Å². The van der Waals surface area contributed by atoms with E-state index in [2.05, 4.69) is 0 Å². The molecule has 0 saturated carbocycles. The Morgan fingerprint density at radius 3 is 2.91 bits per heavy atom. The number of furan rings is 1. The first kappa shape index (κ1) is 16.5. The van der Waals surface area contributed by atoms with E-state index in [4.69, 9.17) is 9.15 Å². The van der Waals surface area contributed by atoms with Crippen LogP contribution in [0, 0.1) is 0 Å². The highest BCUT2D eigenvalue weighted by Gasteiger charge is 2.36. The molecule has 2 aliphatic heterocycles. The molecule has 1 aromatic rings. The number of aliphatic hydroxyl groups is 1. The van der Waals surface area contributed by atoms with Gasteiger partial charge in [0.25, 0.3) is 5.91 Å². The number of hydrogen-bond acceptors (Lipinski definition) is 4. The van der Waals surface area contributed by atoms with Crippen molar-refractivity contribution in [2.24, 2.45) is 0 Å². The summed E-state index contributed by atoms with van der Waals surface area (Å²) in [4.78, 5) is 14.8. The first-order valence-corrected chi connectivity index (χ1v) is 8.82. The maximum Gasteiger partial charge on any atom is 0.251 e. The molecule has 0 radical (unpaired) electrons. The van der Waals surface area contributed by atoms with Gasteiger partial charge in [0.05, 0.1) is 12.4 Å². The molecule has 3 heterocycles. The van der Waals surface area contributed by atoms with Gasteiger partial charge in [0.2, 0.25) is 0 Å². The Kier molecular flexibility index (Phi) is 5.38. The smallest absolute Gasteiger partial charge is 0.251 e. The predicted molar refractivity (Wildman–Crippen MR) is 85.8 cm³/mol. The minimum atomic E-state index is -0.660.